The van der Waals surface area contributed by atoms with Gasteiger partial charge in [-0.15, -0.1) is 0 Å². The van der Waals surface area contributed by atoms with Crippen LogP contribution in [0.4, 0.5) is 4.39 Å². The lowest BCUT2D eigenvalue weighted by Gasteiger charge is -2.44. The van der Waals surface area contributed by atoms with E-state index < -0.39 is 12.5 Å². The van der Waals surface area contributed by atoms with E-state index >= 15 is 0 Å². The Hall–Kier alpha value is -2.67. The number of carbonyl (C=O) groups is 1. The second-order valence-electron chi connectivity index (χ2n) is 7.31. The van der Waals surface area contributed by atoms with Gasteiger partial charge in [0.15, 0.2) is 11.6 Å². The summed E-state index contributed by atoms with van der Waals surface area (Å²) in [6, 6.07) is 5.21. The first-order valence-electron chi connectivity index (χ1n) is 9.81. The fraction of sp³-hybridized carbons (Fsp3) is 0.455. The number of hydrogen-bond donors (Lipinski definition) is 2. The minimum atomic E-state index is -0.690. The molecule has 0 bridgehead atoms. The number of aliphatic imine (C=N–C) groups is 1. The van der Waals surface area contributed by atoms with Crippen molar-refractivity contribution in [2.24, 2.45) is 10.7 Å². The molecule has 1 saturated heterocycles. The molecule has 0 aromatic heterocycles. The normalized spacial score (nSPS) is 18.3. The number of nitrogens with two attached hydrogens (primary N) is 1. The Morgan fingerprint density at radius 1 is 1.38 bits per heavy atom. The zero-order chi connectivity index (χ0) is 21.3. The van der Waals surface area contributed by atoms with Crippen molar-refractivity contribution in [2.45, 2.75) is 45.1 Å². The number of aliphatic hydroxyl groups is 1. The van der Waals surface area contributed by atoms with Gasteiger partial charge in [0, 0.05) is 32.1 Å². The Morgan fingerprint density at radius 3 is 2.69 bits per heavy atom. The highest BCUT2D eigenvalue weighted by molar-refractivity contribution is 5.74. The molecule has 7 heteroatoms. The highest BCUT2D eigenvalue weighted by Crippen LogP contribution is 2.40. The zero-order valence-electron chi connectivity index (χ0n) is 17.1. The maximum atomic E-state index is 14.0. The maximum absolute atomic E-state index is 14.0. The second-order valence-corrected chi connectivity index (χ2v) is 7.31. The van der Waals surface area contributed by atoms with Crippen LogP contribution >= 0.6 is 0 Å². The number of aryl methyl sites for hydroxylation is 1. The molecular weight excluding hydrogens is 373 g/mol. The van der Waals surface area contributed by atoms with E-state index in [0.717, 1.165) is 49.9 Å². The van der Waals surface area contributed by atoms with Crippen LogP contribution in [-0.4, -0.2) is 47.5 Å². The van der Waals surface area contributed by atoms with E-state index in [1.807, 2.05) is 44.6 Å². The number of ether oxygens (including phenoxy) is 1. The van der Waals surface area contributed by atoms with Gasteiger partial charge in [0.1, 0.15) is 12.2 Å². The lowest BCUT2D eigenvalue weighted by Crippen LogP contribution is -2.49. The molecular formula is C22H30FN3O3. The number of primary amides is 1. The average Bonchev–Trinajstić information content (AvgIpc) is 2.71. The van der Waals surface area contributed by atoms with E-state index in [-0.39, 0.29) is 11.4 Å². The molecule has 6 nitrogen and oxygen atoms in total. The van der Waals surface area contributed by atoms with Gasteiger partial charge in [-0.2, -0.15) is 0 Å². The fourth-order valence-electron chi connectivity index (χ4n) is 3.44. The van der Waals surface area contributed by atoms with Crippen LogP contribution in [-0.2, 0) is 11.2 Å². The van der Waals surface area contributed by atoms with Crippen LogP contribution in [0.1, 0.15) is 38.7 Å². The van der Waals surface area contributed by atoms with Crippen LogP contribution in [0.2, 0.25) is 0 Å². The summed E-state index contributed by atoms with van der Waals surface area (Å²) in [5, 5.41) is 7.67. The summed E-state index contributed by atoms with van der Waals surface area (Å²) in [5.74, 6) is -0.457. The third-order valence-electron chi connectivity index (χ3n) is 5.02. The number of fused-ring (bicyclic) bond motifs is 1. The van der Waals surface area contributed by atoms with Crippen LogP contribution in [0.15, 0.2) is 47.1 Å². The summed E-state index contributed by atoms with van der Waals surface area (Å²) < 4.78 is 20.2. The molecule has 158 valence electrons. The van der Waals surface area contributed by atoms with Crippen LogP contribution in [0.5, 0.6) is 5.75 Å². The highest BCUT2D eigenvalue weighted by atomic mass is 19.1. The molecule has 0 radical (unpaired) electrons. The van der Waals surface area contributed by atoms with E-state index in [4.69, 9.17) is 9.84 Å². The van der Waals surface area contributed by atoms with E-state index in [2.05, 4.69) is 15.6 Å². The largest absolute Gasteiger partial charge is 0.484 e. The SMILES string of the molecule is C/C=C\C(C)=C/N=CN1CCC2(CCc3cccc(F)c3O2)CC1.NC(=O)CO. The topological polar surface area (TPSA) is 88.1 Å². The smallest absolute Gasteiger partial charge is 0.243 e. The lowest BCUT2D eigenvalue weighted by atomic mass is 9.83. The number of para-hydroxylation sites is 1. The molecule has 1 fully saturated rings. The molecule has 1 aromatic carbocycles. The first-order valence-corrected chi connectivity index (χ1v) is 9.81. The lowest BCUT2D eigenvalue weighted by molar-refractivity contribution is -0.120. The Bertz CT molecular complexity index is 782. The second kappa shape index (κ2) is 10.8. The maximum Gasteiger partial charge on any atom is 0.243 e. The highest BCUT2D eigenvalue weighted by Gasteiger charge is 2.39. The quantitative estimate of drug-likeness (QED) is 0.460. The molecule has 1 amide bonds. The van der Waals surface area contributed by atoms with Gasteiger partial charge in [0.05, 0.1) is 6.34 Å². The molecule has 3 N–H and O–H groups in total. The van der Waals surface area contributed by atoms with Gasteiger partial charge in [-0.25, -0.2) is 9.38 Å². The van der Waals surface area contributed by atoms with Gasteiger partial charge in [-0.1, -0.05) is 24.3 Å². The summed E-state index contributed by atoms with van der Waals surface area (Å²) >= 11 is 0. The van der Waals surface area contributed by atoms with E-state index in [0.29, 0.717) is 5.75 Å². The Morgan fingerprint density at radius 2 is 2.07 bits per heavy atom. The zero-order valence-corrected chi connectivity index (χ0v) is 17.1. The van der Waals surface area contributed by atoms with Crippen LogP contribution < -0.4 is 10.5 Å². The number of aliphatic hydroxyl groups excluding tert-OH is 1. The summed E-state index contributed by atoms with van der Waals surface area (Å²) in [4.78, 5) is 15.9. The number of piperidine rings is 1. The number of allylic oxidation sites excluding steroid dienone is 3. The molecule has 0 aliphatic carbocycles. The van der Waals surface area contributed by atoms with Crippen molar-refractivity contribution in [3.8, 4) is 5.75 Å². The molecule has 1 spiro atoms. The van der Waals surface area contributed by atoms with Crippen molar-refractivity contribution < 1.29 is 19.0 Å². The fourth-order valence-corrected chi connectivity index (χ4v) is 3.44. The number of nitrogens with zero attached hydrogens (tertiary/aromatic N) is 2. The standard InChI is InChI=1S/C20H25FN2O.C2H5NO2/c1-3-5-16(2)14-22-15-23-12-10-20(11-13-23)9-8-17-6-4-7-18(21)19(17)24-20;3-2(5)1-4/h3-7,14-15H,8-13H2,1-2H3;4H,1H2,(H2,3,5)/b5-3-,16-14-,22-15?;. The van der Waals surface area contributed by atoms with Crippen LogP contribution in [0.3, 0.4) is 0 Å². The number of carbonyl (C=O) groups excluding carboxylic acids is 1. The monoisotopic (exact) mass is 403 g/mol. The first kappa shape index (κ1) is 22.6. The van der Waals surface area contributed by atoms with Crippen molar-refractivity contribution >= 4 is 12.2 Å². The van der Waals surface area contributed by atoms with Gasteiger partial charge < -0.3 is 20.5 Å². The van der Waals surface area contributed by atoms with Crippen LogP contribution in [0, 0.1) is 5.82 Å². The third kappa shape index (κ3) is 6.71. The summed E-state index contributed by atoms with van der Waals surface area (Å²) in [6.07, 6.45) is 11.5. The van der Waals surface area contributed by atoms with Crippen molar-refractivity contribution in [3.05, 3.63) is 53.5 Å². The van der Waals surface area contributed by atoms with Gasteiger partial charge >= 0.3 is 0 Å². The molecule has 2 aliphatic heterocycles. The Kier molecular flexibility index (Phi) is 8.39. The molecule has 29 heavy (non-hydrogen) atoms. The molecule has 1 aromatic rings. The van der Waals surface area contributed by atoms with Crippen molar-refractivity contribution in [1.82, 2.24) is 4.90 Å². The summed E-state index contributed by atoms with van der Waals surface area (Å²) in [7, 11) is 0. The average molecular weight is 403 g/mol. The first-order chi connectivity index (χ1) is 13.9. The van der Waals surface area contributed by atoms with Gasteiger partial charge in [0.2, 0.25) is 5.91 Å². The number of likely N-dealkylation sites (tertiary alicyclic amines) is 1. The van der Waals surface area contributed by atoms with Crippen LogP contribution in [0.25, 0.3) is 0 Å². The van der Waals surface area contributed by atoms with E-state index in [9.17, 15) is 9.18 Å². The Balaban J connectivity index is 0.000000537. The van der Waals surface area contributed by atoms with Gasteiger partial charge in [0.25, 0.3) is 0 Å². The number of amides is 1. The van der Waals surface area contributed by atoms with Crippen molar-refractivity contribution in [2.75, 3.05) is 19.7 Å². The molecule has 0 saturated carbocycles. The molecule has 0 atom stereocenters. The van der Waals surface area contributed by atoms with E-state index in [1.54, 1.807) is 6.07 Å². The molecule has 0 unspecified atom stereocenters. The molecule has 2 heterocycles. The van der Waals surface area contributed by atoms with Gasteiger partial charge in [-0.05, 0) is 43.9 Å². The number of hydrogen-bond acceptors (Lipinski definition) is 4. The number of rotatable bonds is 4. The van der Waals surface area contributed by atoms with Gasteiger partial charge in [-0.3, -0.25) is 4.79 Å². The molecule has 3 rings (SSSR count). The minimum Gasteiger partial charge on any atom is -0.484 e. The Labute approximate surface area is 171 Å². The summed E-state index contributed by atoms with van der Waals surface area (Å²) in [5.41, 5.74) is 6.31. The van der Waals surface area contributed by atoms with Crippen molar-refractivity contribution in [3.63, 3.8) is 0 Å². The van der Waals surface area contributed by atoms with E-state index in [1.165, 1.54) is 6.07 Å². The number of benzene rings is 1. The molecule has 2 aliphatic rings. The number of halogens is 1. The van der Waals surface area contributed by atoms with Crippen molar-refractivity contribution in [1.29, 1.82) is 0 Å². The predicted molar refractivity (Wildman–Crippen MR) is 112 cm³/mol. The summed E-state index contributed by atoms with van der Waals surface area (Å²) in [6.45, 7) is 5.26. The predicted octanol–water partition coefficient (Wildman–Crippen LogP) is 2.96. The third-order valence-corrected chi connectivity index (χ3v) is 5.02. The minimum absolute atomic E-state index is 0.212.